The molecule has 4 aromatic rings. The van der Waals surface area contributed by atoms with Crippen LogP contribution in [0.5, 0.6) is 0 Å². The number of nitrogens with one attached hydrogen (secondary N) is 2. The van der Waals surface area contributed by atoms with Crippen LogP contribution in [-0.4, -0.2) is 51.1 Å². The summed E-state index contributed by atoms with van der Waals surface area (Å²) in [7, 11) is 0.292. The van der Waals surface area contributed by atoms with E-state index in [1.807, 2.05) is 48.6 Å². The lowest BCUT2D eigenvalue weighted by Gasteiger charge is -2.13. The van der Waals surface area contributed by atoms with Gasteiger partial charge in [0.2, 0.25) is 5.91 Å². The molecule has 8 nitrogen and oxygen atoms in total. The average Bonchev–Trinajstić information content (AvgIpc) is 3.34. The molecule has 10 heteroatoms. The lowest BCUT2D eigenvalue weighted by Crippen LogP contribution is -2.33. The minimum Gasteiger partial charge on any atom is -0.378 e. The summed E-state index contributed by atoms with van der Waals surface area (Å²) in [4.78, 5) is 32.0. The van der Waals surface area contributed by atoms with Gasteiger partial charge in [-0.15, -0.1) is 11.3 Å². The van der Waals surface area contributed by atoms with Crippen LogP contribution in [0.25, 0.3) is 22.0 Å². The number of hydrogen-bond donors (Lipinski definition) is 2. The standard InChI is InChI=1S/C27H28N4O4S2/c1-17(2)37(34,35)24-14-20(12-18-8-5-6-11-22(18)24)26(33)28-15-25(32)30-27-29-23(16-36-27)19-9-7-10-21(13-19)31(3)4/h5-14,16-17H,15H2,1-4H3,(H,28,33)(H,29,30,32). The number of amides is 2. The summed E-state index contributed by atoms with van der Waals surface area (Å²) in [5.41, 5.74) is 2.88. The third-order valence-corrected chi connectivity index (χ3v) is 8.78. The molecule has 0 spiro atoms. The number of aromatic nitrogens is 1. The number of rotatable bonds is 8. The molecule has 192 valence electrons. The Morgan fingerprint density at radius 2 is 1.78 bits per heavy atom. The second kappa shape index (κ2) is 10.7. The number of anilines is 2. The molecule has 0 radical (unpaired) electrons. The first-order chi connectivity index (χ1) is 17.6. The predicted octanol–water partition coefficient (Wildman–Crippen LogP) is 4.58. The fourth-order valence-electron chi connectivity index (χ4n) is 3.73. The molecule has 4 rings (SSSR count). The van der Waals surface area contributed by atoms with E-state index < -0.39 is 26.9 Å². The van der Waals surface area contributed by atoms with Gasteiger partial charge in [-0.2, -0.15) is 0 Å². The van der Waals surface area contributed by atoms with E-state index in [4.69, 9.17) is 0 Å². The highest BCUT2D eigenvalue weighted by Gasteiger charge is 2.24. The van der Waals surface area contributed by atoms with Crippen LogP contribution in [0.15, 0.2) is 70.9 Å². The van der Waals surface area contributed by atoms with Crippen molar-refractivity contribution < 1.29 is 18.0 Å². The van der Waals surface area contributed by atoms with E-state index in [1.54, 1.807) is 44.2 Å². The Bertz CT molecular complexity index is 1580. The molecule has 0 fully saturated rings. The van der Waals surface area contributed by atoms with Gasteiger partial charge in [-0.05, 0) is 43.5 Å². The van der Waals surface area contributed by atoms with Crippen LogP contribution in [0.1, 0.15) is 24.2 Å². The van der Waals surface area contributed by atoms with Gasteiger partial charge in [-0.1, -0.05) is 36.4 Å². The van der Waals surface area contributed by atoms with Crippen molar-refractivity contribution in [1.82, 2.24) is 10.3 Å². The number of hydrogen-bond acceptors (Lipinski definition) is 7. The van der Waals surface area contributed by atoms with Gasteiger partial charge in [0.05, 0.1) is 22.4 Å². The summed E-state index contributed by atoms with van der Waals surface area (Å²) in [6.07, 6.45) is 0. The van der Waals surface area contributed by atoms with E-state index in [0.717, 1.165) is 16.9 Å². The van der Waals surface area contributed by atoms with Gasteiger partial charge >= 0.3 is 0 Å². The molecule has 0 saturated carbocycles. The van der Waals surface area contributed by atoms with E-state index in [9.17, 15) is 18.0 Å². The Kier molecular flexibility index (Phi) is 7.60. The fraction of sp³-hybridized carbons (Fsp3) is 0.222. The van der Waals surface area contributed by atoms with Crippen molar-refractivity contribution in [2.24, 2.45) is 0 Å². The smallest absolute Gasteiger partial charge is 0.251 e. The largest absolute Gasteiger partial charge is 0.378 e. The second-order valence-corrected chi connectivity index (χ2v) is 12.3. The minimum absolute atomic E-state index is 0.101. The van der Waals surface area contributed by atoms with Gasteiger partial charge in [0, 0.05) is 41.7 Å². The highest BCUT2D eigenvalue weighted by atomic mass is 32.2. The molecule has 0 bridgehead atoms. The van der Waals surface area contributed by atoms with E-state index in [0.29, 0.717) is 15.9 Å². The van der Waals surface area contributed by atoms with Crippen molar-refractivity contribution in [3.63, 3.8) is 0 Å². The summed E-state index contributed by atoms with van der Waals surface area (Å²) in [5.74, 6) is -0.978. The highest BCUT2D eigenvalue weighted by molar-refractivity contribution is 7.92. The molecule has 1 heterocycles. The van der Waals surface area contributed by atoms with Crippen LogP contribution in [0.4, 0.5) is 10.8 Å². The Morgan fingerprint density at radius 1 is 1.03 bits per heavy atom. The summed E-state index contributed by atoms with van der Waals surface area (Å²) in [6, 6.07) is 17.9. The maximum absolute atomic E-state index is 12.9. The zero-order valence-electron chi connectivity index (χ0n) is 21.0. The molecular weight excluding hydrogens is 508 g/mol. The Morgan fingerprint density at radius 3 is 2.51 bits per heavy atom. The number of carbonyl (C=O) groups is 2. The summed E-state index contributed by atoms with van der Waals surface area (Å²) in [6.45, 7) is 2.91. The van der Waals surface area contributed by atoms with E-state index >= 15 is 0 Å². The molecule has 37 heavy (non-hydrogen) atoms. The van der Waals surface area contributed by atoms with Crippen LogP contribution in [0, 0.1) is 0 Å². The second-order valence-electron chi connectivity index (χ2n) is 9.00. The van der Waals surface area contributed by atoms with Gasteiger partial charge < -0.3 is 15.5 Å². The average molecular weight is 537 g/mol. The number of thiazole rings is 1. The molecular formula is C27H28N4O4S2. The zero-order chi connectivity index (χ0) is 26.7. The van der Waals surface area contributed by atoms with Crippen LogP contribution in [-0.2, 0) is 14.6 Å². The minimum atomic E-state index is -3.63. The topological polar surface area (TPSA) is 108 Å². The maximum Gasteiger partial charge on any atom is 0.251 e. The lowest BCUT2D eigenvalue weighted by atomic mass is 10.1. The van der Waals surface area contributed by atoms with Gasteiger partial charge in [0.25, 0.3) is 5.91 Å². The van der Waals surface area contributed by atoms with E-state index in [2.05, 4.69) is 15.6 Å². The van der Waals surface area contributed by atoms with Crippen LogP contribution >= 0.6 is 11.3 Å². The number of sulfone groups is 1. The Balaban J connectivity index is 1.46. The van der Waals surface area contributed by atoms with Crippen molar-refractivity contribution >= 4 is 54.6 Å². The van der Waals surface area contributed by atoms with Crippen LogP contribution < -0.4 is 15.5 Å². The van der Waals surface area contributed by atoms with Gasteiger partial charge in [0.1, 0.15) is 0 Å². The monoisotopic (exact) mass is 536 g/mol. The van der Waals surface area contributed by atoms with Crippen molar-refractivity contribution in [3.05, 3.63) is 71.6 Å². The SMILES string of the molecule is CC(C)S(=O)(=O)c1cc(C(=O)NCC(=O)Nc2nc(-c3cccc(N(C)C)c3)cs2)cc2ccccc12. The number of carbonyl (C=O) groups excluding carboxylic acids is 2. The van der Waals surface area contributed by atoms with Crippen molar-refractivity contribution in [2.45, 2.75) is 24.0 Å². The first-order valence-corrected chi connectivity index (χ1v) is 14.1. The Hall–Kier alpha value is -3.76. The third-order valence-electron chi connectivity index (χ3n) is 5.83. The fourth-order valence-corrected chi connectivity index (χ4v) is 5.76. The first-order valence-electron chi connectivity index (χ1n) is 11.6. The number of benzene rings is 3. The van der Waals surface area contributed by atoms with Crippen LogP contribution in [0.3, 0.4) is 0 Å². The lowest BCUT2D eigenvalue weighted by molar-refractivity contribution is -0.115. The van der Waals surface area contributed by atoms with Gasteiger partial charge in [-0.25, -0.2) is 13.4 Å². The van der Waals surface area contributed by atoms with Gasteiger partial charge in [-0.3, -0.25) is 9.59 Å². The number of fused-ring (bicyclic) bond motifs is 1. The molecule has 0 aliphatic carbocycles. The summed E-state index contributed by atoms with van der Waals surface area (Å²) < 4.78 is 25.9. The molecule has 2 amide bonds. The molecule has 2 N–H and O–H groups in total. The predicted molar refractivity (Wildman–Crippen MR) is 149 cm³/mol. The van der Waals surface area contributed by atoms with Gasteiger partial charge in [0.15, 0.2) is 15.0 Å². The summed E-state index contributed by atoms with van der Waals surface area (Å²) >= 11 is 1.29. The summed E-state index contributed by atoms with van der Waals surface area (Å²) in [5, 5.41) is 8.10. The molecule has 1 aromatic heterocycles. The molecule has 0 aliphatic heterocycles. The first kappa shape index (κ1) is 26.3. The number of nitrogens with zero attached hydrogens (tertiary/aromatic N) is 2. The molecule has 0 unspecified atom stereocenters. The van der Waals surface area contributed by atoms with Crippen LogP contribution in [0.2, 0.25) is 0 Å². The quantitative estimate of drug-likeness (QED) is 0.341. The molecule has 0 saturated heterocycles. The normalized spacial score (nSPS) is 11.5. The third kappa shape index (κ3) is 5.81. The zero-order valence-corrected chi connectivity index (χ0v) is 22.6. The Labute approximate surface area is 220 Å². The van der Waals surface area contributed by atoms with E-state index in [-0.39, 0.29) is 17.0 Å². The maximum atomic E-state index is 12.9. The van der Waals surface area contributed by atoms with E-state index in [1.165, 1.54) is 17.4 Å². The van der Waals surface area contributed by atoms with Crippen molar-refractivity contribution in [3.8, 4) is 11.3 Å². The highest BCUT2D eigenvalue weighted by Crippen LogP contribution is 2.29. The van der Waals surface area contributed by atoms with Crippen molar-refractivity contribution in [2.75, 3.05) is 30.9 Å². The molecule has 0 atom stereocenters. The van der Waals surface area contributed by atoms with Crippen molar-refractivity contribution in [1.29, 1.82) is 0 Å². The molecule has 0 aliphatic rings. The molecule has 3 aromatic carbocycles.